The van der Waals surface area contributed by atoms with Gasteiger partial charge >= 0.3 is 5.91 Å². The summed E-state index contributed by atoms with van der Waals surface area (Å²) in [6.07, 6.45) is 0. The molecule has 1 atom stereocenters. The minimum absolute atomic E-state index is 0.223. The van der Waals surface area contributed by atoms with Crippen molar-refractivity contribution < 1.29 is 22.0 Å². The molecular weight excluding hydrogens is 413 g/mol. The second-order valence-corrected chi connectivity index (χ2v) is 9.20. The number of hydrogen-bond donors (Lipinski definition) is 3. The lowest BCUT2D eigenvalue weighted by Crippen LogP contribution is -2.60. The van der Waals surface area contributed by atoms with Gasteiger partial charge in [0.15, 0.2) is 5.58 Å². The zero-order chi connectivity index (χ0) is 21.7. The van der Waals surface area contributed by atoms with Gasteiger partial charge in [0.25, 0.3) is 5.89 Å². The van der Waals surface area contributed by atoms with E-state index in [4.69, 9.17) is 9.83 Å². The normalized spacial score (nSPS) is 20.8. The fourth-order valence-corrected chi connectivity index (χ4v) is 4.74. The Kier molecular flexibility index (Phi) is 4.49. The van der Waals surface area contributed by atoms with Crippen LogP contribution in [0.15, 0.2) is 46.9 Å². The van der Waals surface area contributed by atoms with Gasteiger partial charge in [-0.05, 0) is 36.8 Å². The topological polar surface area (TPSA) is 128 Å². The molecule has 11 heteroatoms. The largest absolute Gasteiger partial charge is 0.432 e. The maximum atomic E-state index is 13.3. The van der Waals surface area contributed by atoms with Crippen LogP contribution < -0.4 is 10.6 Å². The SMILES string of the molecule is CN1C(=N)NC(C)(c2cccc(NC(=O)c3nc4cc(F)ccc4o3)c2)CS1(=O)=O. The molecule has 1 amide bonds. The third-order valence-corrected chi connectivity index (χ3v) is 6.86. The number of amides is 1. The van der Waals surface area contributed by atoms with Crippen LogP contribution in [-0.2, 0) is 15.6 Å². The number of sulfonamides is 1. The van der Waals surface area contributed by atoms with E-state index < -0.39 is 27.3 Å². The summed E-state index contributed by atoms with van der Waals surface area (Å²) in [4.78, 5) is 16.5. The number of oxazole rings is 1. The van der Waals surface area contributed by atoms with Gasteiger partial charge in [0.1, 0.15) is 11.3 Å². The minimum Gasteiger partial charge on any atom is -0.432 e. The second kappa shape index (κ2) is 6.80. The zero-order valence-corrected chi connectivity index (χ0v) is 16.9. The summed E-state index contributed by atoms with van der Waals surface area (Å²) >= 11 is 0. The molecular formula is C19H18FN5O4S. The van der Waals surface area contributed by atoms with Crippen molar-refractivity contribution in [2.24, 2.45) is 0 Å². The number of nitrogens with zero attached hydrogens (tertiary/aromatic N) is 2. The van der Waals surface area contributed by atoms with Crippen LogP contribution in [0.3, 0.4) is 0 Å². The summed E-state index contributed by atoms with van der Waals surface area (Å²) < 4.78 is 44.3. The van der Waals surface area contributed by atoms with Crippen LogP contribution in [0.1, 0.15) is 23.2 Å². The highest BCUT2D eigenvalue weighted by Gasteiger charge is 2.41. The number of rotatable bonds is 3. The molecule has 2 heterocycles. The van der Waals surface area contributed by atoms with E-state index in [1.54, 1.807) is 31.2 Å². The standard InChI is InChI=1S/C19H18FN5O4S/c1-19(10-30(27,28)25(2)18(21)24-19)11-4-3-5-13(8-11)22-16(26)17-23-14-9-12(20)6-7-15(14)29-17/h3-9H,10H2,1-2H3,(H2,21,24)(H,22,26). The minimum atomic E-state index is -3.66. The molecule has 9 nitrogen and oxygen atoms in total. The van der Waals surface area contributed by atoms with Crippen LogP contribution in [0.25, 0.3) is 11.1 Å². The van der Waals surface area contributed by atoms with Crippen molar-refractivity contribution in [3.8, 4) is 0 Å². The van der Waals surface area contributed by atoms with E-state index >= 15 is 0 Å². The highest BCUT2D eigenvalue weighted by atomic mass is 32.2. The molecule has 0 spiro atoms. The number of aromatic nitrogens is 1. The molecule has 2 aromatic carbocycles. The smallest absolute Gasteiger partial charge is 0.311 e. The van der Waals surface area contributed by atoms with Crippen molar-refractivity contribution in [2.45, 2.75) is 12.5 Å². The Labute approximate surface area is 171 Å². The van der Waals surface area contributed by atoms with Crippen LogP contribution in [0, 0.1) is 11.2 Å². The lowest BCUT2D eigenvalue weighted by molar-refractivity contribution is 0.0992. The van der Waals surface area contributed by atoms with Gasteiger partial charge in [-0.15, -0.1) is 0 Å². The molecule has 1 aliphatic rings. The van der Waals surface area contributed by atoms with Crippen LogP contribution in [-0.4, -0.2) is 42.4 Å². The molecule has 1 aliphatic heterocycles. The Bertz CT molecular complexity index is 1290. The number of guanidine groups is 1. The fourth-order valence-electron chi connectivity index (χ4n) is 3.25. The van der Waals surface area contributed by atoms with Gasteiger partial charge in [-0.1, -0.05) is 12.1 Å². The third-order valence-electron chi connectivity index (χ3n) is 4.90. The van der Waals surface area contributed by atoms with Crippen LogP contribution >= 0.6 is 0 Å². The van der Waals surface area contributed by atoms with E-state index in [2.05, 4.69) is 15.6 Å². The summed E-state index contributed by atoms with van der Waals surface area (Å²) in [7, 11) is -2.35. The molecule has 1 fully saturated rings. The highest BCUT2D eigenvalue weighted by Crippen LogP contribution is 2.29. The number of carbonyl (C=O) groups is 1. The Balaban J connectivity index is 1.60. The van der Waals surface area contributed by atoms with E-state index in [1.165, 1.54) is 19.2 Å². The molecule has 1 aromatic heterocycles. The van der Waals surface area contributed by atoms with Crippen LogP contribution in [0.5, 0.6) is 0 Å². The first-order valence-corrected chi connectivity index (χ1v) is 10.5. The Hall–Kier alpha value is -3.47. The first kappa shape index (κ1) is 19.8. The van der Waals surface area contributed by atoms with Gasteiger partial charge in [0.05, 0.1) is 11.3 Å². The number of anilines is 1. The van der Waals surface area contributed by atoms with Gasteiger partial charge in [0.2, 0.25) is 16.0 Å². The lowest BCUT2D eigenvalue weighted by Gasteiger charge is -2.40. The van der Waals surface area contributed by atoms with E-state index in [0.29, 0.717) is 11.3 Å². The monoisotopic (exact) mass is 431 g/mol. The van der Waals surface area contributed by atoms with Crippen molar-refractivity contribution in [1.29, 1.82) is 5.41 Å². The van der Waals surface area contributed by atoms with Gasteiger partial charge in [0, 0.05) is 18.8 Å². The highest BCUT2D eigenvalue weighted by molar-refractivity contribution is 7.89. The number of hydrogen-bond acceptors (Lipinski definition) is 6. The molecule has 0 bridgehead atoms. The van der Waals surface area contributed by atoms with Crippen molar-refractivity contribution in [3.63, 3.8) is 0 Å². The fraction of sp³-hybridized carbons (Fsp3) is 0.211. The van der Waals surface area contributed by atoms with Crippen molar-refractivity contribution in [2.75, 3.05) is 18.1 Å². The van der Waals surface area contributed by atoms with E-state index in [0.717, 1.165) is 10.4 Å². The molecule has 0 radical (unpaired) electrons. The quantitative estimate of drug-likeness (QED) is 0.583. The number of fused-ring (bicyclic) bond motifs is 1. The number of halogens is 1. The molecule has 156 valence electrons. The molecule has 1 unspecified atom stereocenters. The maximum Gasteiger partial charge on any atom is 0.311 e. The second-order valence-electron chi connectivity index (χ2n) is 7.20. The predicted molar refractivity (Wildman–Crippen MR) is 108 cm³/mol. The van der Waals surface area contributed by atoms with E-state index in [-0.39, 0.29) is 28.7 Å². The molecule has 1 saturated heterocycles. The Morgan fingerprint density at radius 1 is 1.33 bits per heavy atom. The predicted octanol–water partition coefficient (Wildman–Crippen LogP) is 2.23. The molecule has 3 N–H and O–H groups in total. The van der Waals surface area contributed by atoms with E-state index in [9.17, 15) is 17.6 Å². The molecule has 0 aliphatic carbocycles. The van der Waals surface area contributed by atoms with Crippen molar-refractivity contribution in [3.05, 3.63) is 59.7 Å². The van der Waals surface area contributed by atoms with Gasteiger partial charge in [-0.25, -0.2) is 22.1 Å². The zero-order valence-electron chi connectivity index (χ0n) is 16.1. The summed E-state index contributed by atoms with van der Waals surface area (Å²) in [5.74, 6) is -1.85. The first-order valence-electron chi connectivity index (χ1n) is 8.89. The van der Waals surface area contributed by atoms with Crippen LogP contribution in [0.4, 0.5) is 10.1 Å². The number of benzene rings is 2. The summed E-state index contributed by atoms with van der Waals surface area (Å²) in [5, 5.41) is 13.5. The molecule has 0 saturated carbocycles. The maximum absolute atomic E-state index is 13.3. The number of nitrogens with one attached hydrogen (secondary N) is 3. The van der Waals surface area contributed by atoms with Gasteiger partial charge in [-0.2, -0.15) is 0 Å². The molecule has 3 aromatic rings. The van der Waals surface area contributed by atoms with Crippen LogP contribution in [0.2, 0.25) is 0 Å². The van der Waals surface area contributed by atoms with Gasteiger partial charge in [-0.3, -0.25) is 10.2 Å². The lowest BCUT2D eigenvalue weighted by atomic mass is 9.93. The first-order chi connectivity index (χ1) is 14.1. The summed E-state index contributed by atoms with van der Waals surface area (Å²) in [6, 6.07) is 10.4. The third kappa shape index (κ3) is 3.47. The van der Waals surface area contributed by atoms with Crippen molar-refractivity contribution >= 4 is 38.7 Å². The molecule has 4 rings (SSSR count). The Morgan fingerprint density at radius 2 is 2.10 bits per heavy atom. The van der Waals surface area contributed by atoms with Gasteiger partial charge < -0.3 is 15.1 Å². The summed E-state index contributed by atoms with van der Waals surface area (Å²) in [6.45, 7) is 1.67. The average Bonchev–Trinajstić information content (AvgIpc) is 3.09. The summed E-state index contributed by atoms with van der Waals surface area (Å²) in [5.41, 5.74) is 0.402. The molecule has 30 heavy (non-hydrogen) atoms. The average molecular weight is 431 g/mol. The Morgan fingerprint density at radius 3 is 2.83 bits per heavy atom. The van der Waals surface area contributed by atoms with E-state index in [1.807, 2.05) is 0 Å². The number of carbonyl (C=O) groups excluding carboxylic acids is 1. The van der Waals surface area contributed by atoms with Crippen molar-refractivity contribution in [1.82, 2.24) is 14.6 Å².